The number of amides is 1. The maximum atomic E-state index is 12.1. The molecule has 0 unspecified atom stereocenters. The molecule has 0 spiro atoms. The van der Waals surface area contributed by atoms with Crippen LogP contribution in [-0.4, -0.2) is 15.9 Å². The Morgan fingerprint density at radius 3 is 2.83 bits per heavy atom. The Balaban J connectivity index is 1.70. The molecule has 0 aliphatic heterocycles. The lowest BCUT2D eigenvalue weighted by molar-refractivity contribution is -0.116. The summed E-state index contributed by atoms with van der Waals surface area (Å²) in [5, 5.41) is 3.98. The van der Waals surface area contributed by atoms with Crippen LogP contribution in [0, 0.1) is 6.92 Å². The van der Waals surface area contributed by atoms with Crippen molar-refractivity contribution < 1.29 is 4.79 Å². The molecule has 1 aromatic heterocycles. The summed E-state index contributed by atoms with van der Waals surface area (Å²) in [5.41, 5.74) is 1.95. The van der Waals surface area contributed by atoms with E-state index in [1.807, 2.05) is 13.0 Å². The van der Waals surface area contributed by atoms with Crippen molar-refractivity contribution in [1.82, 2.24) is 9.97 Å². The van der Waals surface area contributed by atoms with Gasteiger partial charge in [0.25, 0.3) is 5.56 Å². The predicted octanol–water partition coefficient (Wildman–Crippen LogP) is 3.46. The van der Waals surface area contributed by atoms with E-state index in [1.165, 1.54) is 0 Å². The molecule has 2 N–H and O–H groups in total. The monoisotopic (exact) mass is 341 g/mol. The Kier molecular flexibility index (Phi) is 4.62. The smallest absolute Gasteiger partial charge is 0.258 e. The van der Waals surface area contributed by atoms with Gasteiger partial charge in [-0.2, -0.15) is 0 Å². The predicted molar refractivity (Wildman–Crippen MR) is 95.5 cm³/mol. The lowest BCUT2D eigenvalue weighted by atomic mass is 10.2. The zero-order valence-corrected chi connectivity index (χ0v) is 13.9. The lowest BCUT2D eigenvalue weighted by Gasteiger charge is -2.09. The van der Waals surface area contributed by atoms with Gasteiger partial charge in [0.05, 0.1) is 10.9 Å². The number of aryl methyl sites for hydroxylation is 1. The molecule has 24 heavy (non-hydrogen) atoms. The molecular weight excluding hydrogens is 326 g/mol. The molecule has 1 amide bonds. The SMILES string of the molecule is Cc1c(Cl)cccc1NC(=O)CCc1nc2ccccc2c(=O)[nH]1. The third-order valence-electron chi connectivity index (χ3n) is 3.79. The van der Waals surface area contributed by atoms with E-state index in [0.717, 1.165) is 5.56 Å². The first-order valence-electron chi connectivity index (χ1n) is 7.57. The summed E-state index contributed by atoms with van der Waals surface area (Å²) < 4.78 is 0. The fourth-order valence-corrected chi connectivity index (χ4v) is 2.62. The first kappa shape index (κ1) is 16.2. The highest BCUT2D eigenvalue weighted by atomic mass is 35.5. The van der Waals surface area contributed by atoms with Crippen LogP contribution in [0.4, 0.5) is 5.69 Å². The second-order valence-electron chi connectivity index (χ2n) is 5.49. The van der Waals surface area contributed by atoms with Gasteiger partial charge in [-0.1, -0.05) is 29.8 Å². The third-order valence-corrected chi connectivity index (χ3v) is 4.20. The number of nitrogens with zero attached hydrogens (tertiary/aromatic N) is 1. The molecule has 6 heteroatoms. The van der Waals surface area contributed by atoms with Gasteiger partial charge < -0.3 is 10.3 Å². The molecule has 0 aliphatic carbocycles. The molecular formula is C18H16ClN3O2. The zero-order chi connectivity index (χ0) is 17.1. The number of para-hydroxylation sites is 1. The minimum Gasteiger partial charge on any atom is -0.326 e. The number of halogens is 1. The van der Waals surface area contributed by atoms with Crippen LogP contribution in [0.15, 0.2) is 47.3 Å². The van der Waals surface area contributed by atoms with Crippen molar-refractivity contribution in [3.8, 4) is 0 Å². The quantitative estimate of drug-likeness (QED) is 0.763. The van der Waals surface area contributed by atoms with Gasteiger partial charge in [-0.3, -0.25) is 9.59 Å². The third kappa shape index (κ3) is 3.46. The summed E-state index contributed by atoms with van der Waals surface area (Å²) in [6, 6.07) is 12.5. The van der Waals surface area contributed by atoms with Crippen LogP contribution >= 0.6 is 11.6 Å². The van der Waals surface area contributed by atoms with Crippen LogP contribution in [-0.2, 0) is 11.2 Å². The maximum absolute atomic E-state index is 12.1. The summed E-state index contributed by atoms with van der Waals surface area (Å²) >= 11 is 6.04. The number of aromatic nitrogens is 2. The second-order valence-corrected chi connectivity index (χ2v) is 5.90. The highest BCUT2D eigenvalue weighted by Crippen LogP contribution is 2.23. The number of aromatic amines is 1. The molecule has 0 atom stereocenters. The number of H-pyrrole nitrogens is 1. The first-order valence-corrected chi connectivity index (χ1v) is 7.95. The summed E-state index contributed by atoms with van der Waals surface area (Å²) in [4.78, 5) is 31.2. The fourth-order valence-electron chi connectivity index (χ4n) is 2.44. The Bertz CT molecular complexity index is 966. The van der Waals surface area contributed by atoms with Crippen molar-refractivity contribution in [3.63, 3.8) is 0 Å². The molecule has 0 radical (unpaired) electrons. The fraction of sp³-hybridized carbons (Fsp3) is 0.167. The Labute approximate surface area is 143 Å². The summed E-state index contributed by atoms with van der Waals surface area (Å²) in [6.07, 6.45) is 0.568. The van der Waals surface area contributed by atoms with E-state index in [9.17, 15) is 9.59 Å². The summed E-state index contributed by atoms with van der Waals surface area (Å²) in [6.45, 7) is 1.85. The lowest BCUT2D eigenvalue weighted by Crippen LogP contribution is -2.16. The van der Waals surface area contributed by atoms with E-state index < -0.39 is 0 Å². The molecule has 2 aromatic carbocycles. The van der Waals surface area contributed by atoms with Crippen LogP contribution in [0.5, 0.6) is 0 Å². The number of carbonyl (C=O) groups excluding carboxylic acids is 1. The minimum absolute atomic E-state index is 0.156. The van der Waals surface area contributed by atoms with Gasteiger partial charge in [-0.15, -0.1) is 0 Å². The number of fused-ring (bicyclic) bond motifs is 1. The number of hydrogen-bond donors (Lipinski definition) is 2. The van der Waals surface area contributed by atoms with Crippen molar-refractivity contribution >= 4 is 34.1 Å². The number of hydrogen-bond acceptors (Lipinski definition) is 3. The molecule has 0 saturated carbocycles. The largest absolute Gasteiger partial charge is 0.326 e. The Hall–Kier alpha value is -2.66. The van der Waals surface area contributed by atoms with Crippen molar-refractivity contribution in [2.75, 3.05) is 5.32 Å². The Morgan fingerprint density at radius 2 is 2.00 bits per heavy atom. The van der Waals surface area contributed by atoms with Gasteiger partial charge in [0.2, 0.25) is 5.91 Å². The average molecular weight is 342 g/mol. The number of anilines is 1. The number of nitrogens with one attached hydrogen (secondary N) is 2. The van der Waals surface area contributed by atoms with E-state index in [4.69, 9.17) is 11.6 Å². The van der Waals surface area contributed by atoms with Crippen molar-refractivity contribution in [3.05, 3.63) is 69.2 Å². The maximum Gasteiger partial charge on any atom is 0.258 e. The number of carbonyl (C=O) groups is 1. The molecule has 0 saturated heterocycles. The molecule has 0 bridgehead atoms. The second kappa shape index (κ2) is 6.84. The van der Waals surface area contributed by atoms with Crippen LogP contribution in [0.25, 0.3) is 10.9 Å². The van der Waals surface area contributed by atoms with Crippen molar-refractivity contribution in [1.29, 1.82) is 0 Å². The van der Waals surface area contributed by atoms with E-state index in [2.05, 4.69) is 15.3 Å². The van der Waals surface area contributed by atoms with Crippen LogP contribution in [0.3, 0.4) is 0 Å². The molecule has 0 aliphatic rings. The number of rotatable bonds is 4. The standard InChI is InChI=1S/C18H16ClN3O2/c1-11-13(19)6-4-8-14(11)21-17(23)10-9-16-20-15-7-3-2-5-12(15)18(24)22-16/h2-8H,9-10H2,1H3,(H,21,23)(H,20,22,24). The van der Waals surface area contributed by atoms with Gasteiger partial charge in [-0.05, 0) is 36.8 Å². The topological polar surface area (TPSA) is 74.8 Å². The van der Waals surface area contributed by atoms with Gasteiger partial charge in [-0.25, -0.2) is 4.98 Å². The van der Waals surface area contributed by atoms with Crippen LogP contribution < -0.4 is 10.9 Å². The van der Waals surface area contributed by atoms with Crippen molar-refractivity contribution in [2.24, 2.45) is 0 Å². The zero-order valence-electron chi connectivity index (χ0n) is 13.1. The normalized spacial score (nSPS) is 10.8. The Morgan fingerprint density at radius 1 is 1.21 bits per heavy atom. The van der Waals surface area contributed by atoms with E-state index in [0.29, 0.717) is 33.9 Å². The summed E-state index contributed by atoms with van der Waals surface area (Å²) in [7, 11) is 0. The van der Waals surface area contributed by atoms with Crippen molar-refractivity contribution in [2.45, 2.75) is 19.8 Å². The molecule has 3 rings (SSSR count). The average Bonchev–Trinajstić information content (AvgIpc) is 2.57. The molecule has 3 aromatic rings. The molecule has 122 valence electrons. The van der Waals surface area contributed by atoms with E-state index in [1.54, 1.807) is 36.4 Å². The van der Waals surface area contributed by atoms with Crippen LogP contribution in [0.2, 0.25) is 5.02 Å². The summed E-state index contributed by atoms with van der Waals surface area (Å²) in [5.74, 6) is 0.341. The molecule has 1 heterocycles. The van der Waals surface area contributed by atoms with Gasteiger partial charge in [0.15, 0.2) is 0 Å². The molecule has 0 fully saturated rings. The number of benzene rings is 2. The highest BCUT2D eigenvalue weighted by Gasteiger charge is 2.09. The minimum atomic E-state index is -0.193. The first-order chi connectivity index (χ1) is 11.5. The van der Waals surface area contributed by atoms with Gasteiger partial charge in [0.1, 0.15) is 5.82 Å². The van der Waals surface area contributed by atoms with Crippen LogP contribution in [0.1, 0.15) is 17.8 Å². The van der Waals surface area contributed by atoms with E-state index >= 15 is 0 Å². The van der Waals surface area contributed by atoms with E-state index in [-0.39, 0.29) is 17.9 Å². The van der Waals surface area contributed by atoms with Gasteiger partial charge in [0, 0.05) is 23.6 Å². The molecule has 5 nitrogen and oxygen atoms in total. The van der Waals surface area contributed by atoms with Gasteiger partial charge >= 0.3 is 0 Å². The highest BCUT2D eigenvalue weighted by molar-refractivity contribution is 6.31.